The molecule has 3 aliphatic rings. The monoisotopic (exact) mass is 192 g/mol. The molecule has 2 heteroatoms. The van der Waals surface area contributed by atoms with Gasteiger partial charge in [0, 0.05) is 12.0 Å². The molecule has 2 nitrogen and oxygen atoms in total. The van der Waals surface area contributed by atoms with Crippen molar-refractivity contribution in [2.75, 3.05) is 0 Å². The van der Waals surface area contributed by atoms with Gasteiger partial charge in [-0.1, -0.05) is 13.8 Å². The lowest BCUT2D eigenvalue weighted by molar-refractivity contribution is -0.148. The third-order valence-electron chi connectivity index (χ3n) is 4.24. The Labute approximate surface area is 84.3 Å². The minimum atomic E-state index is -0.260. The molecule has 2 fully saturated rings. The summed E-state index contributed by atoms with van der Waals surface area (Å²) >= 11 is 0. The summed E-state index contributed by atoms with van der Waals surface area (Å²) in [7, 11) is 0. The first-order valence-electron chi connectivity index (χ1n) is 5.39. The van der Waals surface area contributed by atoms with Crippen LogP contribution in [-0.4, -0.2) is 11.6 Å². The number of fused-ring (bicyclic) bond motifs is 3. The molecule has 0 radical (unpaired) electrons. The SMILES string of the molecule is CC1(C)C[C@@H]2C[C@@H]2[C@@]2(C)OC(=O)C=C12. The van der Waals surface area contributed by atoms with E-state index < -0.39 is 0 Å². The van der Waals surface area contributed by atoms with Gasteiger partial charge in [-0.05, 0) is 36.7 Å². The van der Waals surface area contributed by atoms with Gasteiger partial charge in [-0.25, -0.2) is 4.79 Å². The Morgan fingerprint density at radius 3 is 2.86 bits per heavy atom. The van der Waals surface area contributed by atoms with E-state index >= 15 is 0 Å². The molecule has 76 valence electrons. The maximum absolute atomic E-state index is 11.4. The van der Waals surface area contributed by atoms with Crippen LogP contribution in [0.5, 0.6) is 0 Å². The molecule has 0 bridgehead atoms. The van der Waals surface area contributed by atoms with Crippen LogP contribution < -0.4 is 0 Å². The molecule has 0 saturated heterocycles. The van der Waals surface area contributed by atoms with Gasteiger partial charge < -0.3 is 4.74 Å². The van der Waals surface area contributed by atoms with E-state index in [1.807, 2.05) is 0 Å². The predicted octanol–water partition coefficient (Wildman–Crippen LogP) is 2.29. The van der Waals surface area contributed by atoms with Crippen molar-refractivity contribution < 1.29 is 9.53 Å². The minimum Gasteiger partial charge on any atom is -0.451 e. The van der Waals surface area contributed by atoms with Gasteiger partial charge in [0.2, 0.25) is 0 Å². The van der Waals surface area contributed by atoms with E-state index in [0.717, 1.165) is 5.92 Å². The van der Waals surface area contributed by atoms with Crippen LogP contribution in [0.15, 0.2) is 11.6 Å². The van der Waals surface area contributed by atoms with Crippen LogP contribution in [0.1, 0.15) is 33.6 Å². The zero-order chi connectivity index (χ0) is 10.1. The molecule has 1 aliphatic heterocycles. The Morgan fingerprint density at radius 1 is 1.43 bits per heavy atom. The number of rotatable bonds is 0. The highest BCUT2D eigenvalue weighted by Crippen LogP contribution is 2.65. The topological polar surface area (TPSA) is 26.3 Å². The lowest BCUT2D eigenvalue weighted by atomic mass is 9.67. The Bertz CT molecular complexity index is 353. The number of carbonyl (C=O) groups is 1. The zero-order valence-electron chi connectivity index (χ0n) is 8.96. The van der Waals surface area contributed by atoms with Crippen molar-refractivity contribution in [3.8, 4) is 0 Å². The fourth-order valence-corrected chi connectivity index (χ4v) is 3.61. The van der Waals surface area contributed by atoms with Crippen molar-refractivity contribution >= 4 is 5.97 Å². The quantitative estimate of drug-likeness (QED) is 0.550. The Balaban J connectivity index is 2.11. The smallest absolute Gasteiger partial charge is 0.331 e. The van der Waals surface area contributed by atoms with Crippen LogP contribution >= 0.6 is 0 Å². The average Bonchev–Trinajstić information content (AvgIpc) is 2.70. The lowest BCUT2D eigenvalue weighted by Gasteiger charge is -2.41. The van der Waals surface area contributed by atoms with Crippen LogP contribution in [0, 0.1) is 17.3 Å². The van der Waals surface area contributed by atoms with E-state index in [1.54, 1.807) is 6.08 Å². The van der Waals surface area contributed by atoms with Gasteiger partial charge >= 0.3 is 5.97 Å². The summed E-state index contributed by atoms with van der Waals surface area (Å²) in [5, 5.41) is 0. The van der Waals surface area contributed by atoms with Crippen molar-refractivity contribution in [3.05, 3.63) is 11.6 Å². The molecule has 14 heavy (non-hydrogen) atoms. The highest BCUT2D eigenvalue weighted by Gasteiger charge is 2.63. The van der Waals surface area contributed by atoms with Gasteiger partial charge in [0.15, 0.2) is 0 Å². The van der Waals surface area contributed by atoms with Gasteiger partial charge in [0.1, 0.15) is 5.60 Å². The molecule has 0 spiro atoms. The molecule has 0 aromatic rings. The third kappa shape index (κ3) is 0.844. The van der Waals surface area contributed by atoms with Gasteiger partial charge in [-0.2, -0.15) is 0 Å². The molecule has 0 unspecified atom stereocenters. The molecule has 2 aliphatic carbocycles. The van der Waals surface area contributed by atoms with E-state index in [4.69, 9.17) is 4.74 Å². The van der Waals surface area contributed by atoms with Gasteiger partial charge in [0.05, 0.1) is 0 Å². The molecule has 0 amide bonds. The zero-order valence-corrected chi connectivity index (χ0v) is 8.96. The third-order valence-corrected chi connectivity index (χ3v) is 4.24. The van der Waals surface area contributed by atoms with Gasteiger partial charge in [-0.15, -0.1) is 0 Å². The normalized spacial score (nSPS) is 47.6. The van der Waals surface area contributed by atoms with Crippen LogP contribution in [0.3, 0.4) is 0 Å². The van der Waals surface area contributed by atoms with Gasteiger partial charge in [0.25, 0.3) is 0 Å². The first-order valence-corrected chi connectivity index (χ1v) is 5.39. The Morgan fingerprint density at radius 2 is 2.14 bits per heavy atom. The second kappa shape index (κ2) is 2.07. The average molecular weight is 192 g/mol. The van der Waals surface area contributed by atoms with Crippen molar-refractivity contribution in [2.24, 2.45) is 17.3 Å². The molecule has 3 rings (SSSR count). The predicted molar refractivity (Wildman–Crippen MR) is 52.6 cm³/mol. The number of hydrogen-bond acceptors (Lipinski definition) is 2. The van der Waals surface area contributed by atoms with Gasteiger partial charge in [-0.3, -0.25) is 0 Å². The van der Waals surface area contributed by atoms with Crippen LogP contribution in [0.25, 0.3) is 0 Å². The number of carbonyl (C=O) groups excluding carboxylic acids is 1. The highest BCUT2D eigenvalue weighted by molar-refractivity contribution is 5.87. The second-order valence-corrected chi connectivity index (χ2v) is 5.78. The molecule has 0 aromatic carbocycles. The minimum absolute atomic E-state index is 0.136. The molecule has 1 heterocycles. The van der Waals surface area contributed by atoms with Crippen molar-refractivity contribution in [1.29, 1.82) is 0 Å². The van der Waals surface area contributed by atoms with Crippen molar-refractivity contribution in [2.45, 2.75) is 39.2 Å². The number of esters is 1. The van der Waals surface area contributed by atoms with E-state index in [0.29, 0.717) is 5.92 Å². The van der Waals surface area contributed by atoms with Crippen LogP contribution in [-0.2, 0) is 9.53 Å². The van der Waals surface area contributed by atoms with Crippen molar-refractivity contribution in [3.63, 3.8) is 0 Å². The maximum Gasteiger partial charge on any atom is 0.331 e. The summed E-state index contributed by atoms with van der Waals surface area (Å²) in [4.78, 5) is 11.4. The molecule has 0 N–H and O–H groups in total. The molecule has 3 atom stereocenters. The summed E-state index contributed by atoms with van der Waals surface area (Å²) in [6.07, 6.45) is 4.19. The molecular formula is C12H16O2. The summed E-state index contributed by atoms with van der Waals surface area (Å²) in [5.41, 5.74) is 1.12. The van der Waals surface area contributed by atoms with E-state index in [-0.39, 0.29) is 17.0 Å². The number of ether oxygens (including phenoxy) is 1. The largest absolute Gasteiger partial charge is 0.451 e. The first kappa shape index (κ1) is 8.51. The van der Waals surface area contributed by atoms with Crippen LogP contribution in [0.4, 0.5) is 0 Å². The fourth-order valence-electron chi connectivity index (χ4n) is 3.61. The first-order chi connectivity index (χ1) is 6.43. The second-order valence-electron chi connectivity index (χ2n) is 5.78. The lowest BCUT2D eigenvalue weighted by Crippen LogP contribution is -2.41. The fraction of sp³-hybridized carbons (Fsp3) is 0.750. The summed E-state index contributed by atoms with van der Waals surface area (Å²) in [6, 6.07) is 0. The Kier molecular flexibility index (Phi) is 1.26. The molecule has 2 saturated carbocycles. The van der Waals surface area contributed by atoms with Crippen LogP contribution in [0.2, 0.25) is 0 Å². The van der Waals surface area contributed by atoms with E-state index in [9.17, 15) is 4.79 Å². The van der Waals surface area contributed by atoms with Crippen molar-refractivity contribution in [1.82, 2.24) is 0 Å². The molecule has 0 aromatic heterocycles. The maximum atomic E-state index is 11.4. The molecular weight excluding hydrogens is 176 g/mol. The summed E-state index contributed by atoms with van der Waals surface area (Å²) in [5.74, 6) is 1.26. The Hall–Kier alpha value is -0.790. The summed E-state index contributed by atoms with van der Waals surface area (Å²) < 4.78 is 5.51. The van der Waals surface area contributed by atoms with E-state index in [2.05, 4.69) is 20.8 Å². The highest BCUT2D eigenvalue weighted by atomic mass is 16.6. The van der Waals surface area contributed by atoms with E-state index in [1.165, 1.54) is 18.4 Å². The summed E-state index contributed by atoms with van der Waals surface area (Å²) in [6.45, 7) is 6.55. The standard InChI is InChI=1S/C12H16O2/c1-11(2)6-7-4-8(7)12(3)9(11)5-10(13)14-12/h5,7-8H,4,6H2,1-3H3/t7-,8-,12+/m0/s1. The number of hydrogen-bond donors (Lipinski definition) is 0.